The highest BCUT2D eigenvalue weighted by Crippen LogP contribution is 2.25. The number of amides is 1. The highest BCUT2D eigenvalue weighted by Gasteiger charge is 2.16. The first-order valence-corrected chi connectivity index (χ1v) is 5.57. The van der Waals surface area contributed by atoms with Crippen molar-refractivity contribution in [1.82, 2.24) is 9.78 Å². The normalized spacial score (nSPS) is 10.2. The Hall–Kier alpha value is -2.63. The molecule has 2 aromatic rings. The van der Waals surface area contributed by atoms with Gasteiger partial charge in [0.2, 0.25) is 0 Å². The van der Waals surface area contributed by atoms with Gasteiger partial charge in [0.25, 0.3) is 5.91 Å². The smallest absolute Gasteiger partial charge is 0.251 e. The van der Waals surface area contributed by atoms with E-state index < -0.39 is 5.91 Å². The van der Waals surface area contributed by atoms with Gasteiger partial charge in [-0.2, -0.15) is 5.10 Å². The van der Waals surface area contributed by atoms with E-state index in [-0.39, 0.29) is 11.3 Å². The number of benzene rings is 1. The summed E-state index contributed by atoms with van der Waals surface area (Å²) in [7, 11) is 1.49. The molecule has 0 radical (unpaired) electrons. The third kappa shape index (κ3) is 2.33. The van der Waals surface area contributed by atoms with Crippen molar-refractivity contribution in [3.8, 4) is 11.4 Å². The highest BCUT2D eigenvalue weighted by atomic mass is 16.5. The predicted molar refractivity (Wildman–Crippen MR) is 68.6 cm³/mol. The molecule has 0 spiro atoms. The number of aromatic nitrogens is 2. The topological polar surface area (TPSA) is 87.2 Å². The van der Waals surface area contributed by atoms with Crippen LogP contribution in [0, 0.1) is 0 Å². The van der Waals surface area contributed by atoms with Gasteiger partial charge >= 0.3 is 0 Å². The zero-order valence-corrected chi connectivity index (χ0v) is 10.6. The Bertz CT molecular complexity index is 646. The molecule has 6 nitrogen and oxygen atoms in total. The van der Waals surface area contributed by atoms with Crippen LogP contribution < -0.4 is 10.5 Å². The van der Waals surface area contributed by atoms with Gasteiger partial charge in [0.1, 0.15) is 5.75 Å². The van der Waals surface area contributed by atoms with Crippen LogP contribution in [0.25, 0.3) is 5.69 Å². The maximum absolute atomic E-state index is 11.7. The maximum atomic E-state index is 11.7. The summed E-state index contributed by atoms with van der Waals surface area (Å²) in [5, 5.41) is 4.03. The van der Waals surface area contributed by atoms with E-state index in [0.29, 0.717) is 17.0 Å². The summed E-state index contributed by atoms with van der Waals surface area (Å²) in [5.74, 6) is -0.261. The molecule has 2 N–H and O–H groups in total. The second kappa shape index (κ2) is 4.93. The van der Waals surface area contributed by atoms with Crippen molar-refractivity contribution in [3.63, 3.8) is 0 Å². The first-order chi connectivity index (χ1) is 9.04. The van der Waals surface area contributed by atoms with Crippen LogP contribution in [0.3, 0.4) is 0 Å². The summed E-state index contributed by atoms with van der Waals surface area (Å²) in [6.45, 7) is 1.44. The van der Waals surface area contributed by atoms with Gasteiger partial charge in [0.05, 0.1) is 30.1 Å². The van der Waals surface area contributed by atoms with Gasteiger partial charge in [-0.15, -0.1) is 0 Å². The van der Waals surface area contributed by atoms with Crippen LogP contribution in [0.5, 0.6) is 5.75 Å². The summed E-state index contributed by atoms with van der Waals surface area (Å²) < 4.78 is 6.60. The number of carbonyl (C=O) groups is 2. The highest BCUT2D eigenvalue weighted by molar-refractivity contribution is 6.00. The lowest BCUT2D eigenvalue weighted by molar-refractivity contribution is 0.0996. The third-order valence-electron chi connectivity index (χ3n) is 2.69. The number of carbonyl (C=O) groups excluding carboxylic acids is 2. The number of nitrogens with two attached hydrogens (primary N) is 1. The van der Waals surface area contributed by atoms with Crippen molar-refractivity contribution in [2.24, 2.45) is 5.73 Å². The van der Waals surface area contributed by atoms with Crippen LogP contribution in [-0.4, -0.2) is 28.6 Å². The number of methoxy groups -OCH3 is 1. The fourth-order valence-corrected chi connectivity index (χ4v) is 1.82. The molecule has 1 aromatic heterocycles. The Kier molecular flexibility index (Phi) is 3.33. The minimum Gasteiger partial charge on any atom is -0.496 e. The van der Waals surface area contributed by atoms with Crippen molar-refractivity contribution < 1.29 is 14.3 Å². The fraction of sp³-hybridized carbons (Fsp3) is 0.154. The van der Waals surface area contributed by atoms with Gasteiger partial charge in [-0.05, 0) is 19.1 Å². The number of hydrogen-bond acceptors (Lipinski definition) is 4. The average Bonchev–Trinajstić information content (AvgIpc) is 2.87. The van der Waals surface area contributed by atoms with Gasteiger partial charge in [-0.3, -0.25) is 9.59 Å². The number of hydrogen-bond donors (Lipinski definition) is 1. The molecule has 0 fully saturated rings. The summed E-state index contributed by atoms with van der Waals surface area (Å²) >= 11 is 0. The summed E-state index contributed by atoms with van der Waals surface area (Å²) in [5.41, 5.74) is 6.40. The summed E-state index contributed by atoms with van der Waals surface area (Å²) in [4.78, 5) is 22.8. The number of nitrogens with zero attached hydrogens (tertiary/aromatic N) is 2. The van der Waals surface area contributed by atoms with Gasteiger partial charge in [-0.1, -0.05) is 6.07 Å². The standard InChI is InChI=1S/C13H13N3O3/c1-8(17)12-10(4-3-5-11(12)19-2)16-7-9(6-15-16)13(14)18/h3-7H,1-2H3,(H2,14,18). The molecule has 0 aliphatic heterocycles. The molecule has 0 unspecified atom stereocenters. The molecule has 19 heavy (non-hydrogen) atoms. The van der Waals surface area contributed by atoms with E-state index in [0.717, 1.165) is 0 Å². The lowest BCUT2D eigenvalue weighted by Crippen LogP contribution is -2.10. The Morgan fingerprint density at radius 1 is 1.37 bits per heavy atom. The van der Waals surface area contributed by atoms with E-state index in [1.807, 2.05) is 0 Å². The van der Waals surface area contributed by atoms with Crippen LogP contribution in [0.4, 0.5) is 0 Å². The lowest BCUT2D eigenvalue weighted by Gasteiger charge is -2.11. The van der Waals surface area contributed by atoms with E-state index in [4.69, 9.17) is 10.5 Å². The minimum atomic E-state index is -0.571. The summed E-state index contributed by atoms with van der Waals surface area (Å²) in [6.07, 6.45) is 2.83. The number of Topliss-reactive ketones (excluding diaryl/α,β-unsaturated/α-hetero) is 1. The number of ketones is 1. The Morgan fingerprint density at radius 3 is 2.63 bits per heavy atom. The van der Waals surface area contributed by atoms with Crippen LogP contribution in [-0.2, 0) is 0 Å². The molecule has 1 aromatic carbocycles. The monoisotopic (exact) mass is 259 g/mol. The molecular formula is C13H13N3O3. The third-order valence-corrected chi connectivity index (χ3v) is 2.69. The van der Waals surface area contributed by atoms with Crippen molar-refractivity contribution in [2.75, 3.05) is 7.11 Å². The van der Waals surface area contributed by atoms with Crippen molar-refractivity contribution in [2.45, 2.75) is 6.92 Å². The first kappa shape index (κ1) is 12.8. The summed E-state index contributed by atoms with van der Waals surface area (Å²) in [6, 6.07) is 5.15. The molecular weight excluding hydrogens is 246 g/mol. The zero-order chi connectivity index (χ0) is 14.0. The van der Waals surface area contributed by atoms with Crippen molar-refractivity contribution >= 4 is 11.7 Å². The Morgan fingerprint density at radius 2 is 2.11 bits per heavy atom. The van der Waals surface area contributed by atoms with E-state index in [2.05, 4.69) is 5.10 Å². The van der Waals surface area contributed by atoms with Gasteiger partial charge < -0.3 is 10.5 Å². The largest absolute Gasteiger partial charge is 0.496 e. The van der Waals surface area contributed by atoms with Crippen LogP contribution in [0.2, 0.25) is 0 Å². The quantitative estimate of drug-likeness (QED) is 0.835. The number of ether oxygens (including phenoxy) is 1. The Balaban J connectivity index is 2.60. The second-order valence-electron chi connectivity index (χ2n) is 3.95. The van der Waals surface area contributed by atoms with Gasteiger partial charge in [-0.25, -0.2) is 4.68 Å². The van der Waals surface area contributed by atoms with E-state index in [1.54, 1.807) is 18.2 Å². The molecule has 6 heteroatoms. The SMILES string of the molecule is COc1cccc(-n2cc(C(N)=O)cn2)c1C(C)=O. The van der Waals surface area contributed by atoms with Crippen molar-refractivity contribution in [1.29, 1.82) is 0 Å². The first-order valence-electron chi connectivity index (χ1n) is 5.57. The molecule has 0 aliphatic carbocycles. The Labute approximate surface area is 109 Å². The molecule has 1 heterocycles. The molecule has 1 amide bonds. The van der Waals surface area contributed by atoms with E-state index >= 15 is 0 Å². The molecule has 2 rings (SSSR count). The van der Waals surface area contributed by atoms with E-state index in [9.17, 15) is 9.59 Å². The molecule has 0 saturated carbocycles. The molecule has 0 atom stereocenters. The second-order valence-corrected chi connectivity index (χ2v) is 3.95. The molecule has 0 bridgehead atoms. The van der Waals surface area contributed by atoms with Crippen LogP contribution in [0.15, 0.2) is 30.6 Å². The number of rotatable bonds is 4. The molecule has 98 valence electrons. The fourth-order valence-electron chi connectivity index (χ4n) is 1.82. The van der Waals surface area contributed by atoms with Gasteiger partial charge in [0, 0.05) is 6.20 Å². The molecule has 0 aliphatic rings. The minimum absolute atomic E-state index is 0.149. The lowest BCUT2D eigenvalue weighted by atomic mass is 10.1. The number of primary amides is 1. The predicted octanol–water partition coefficient (Wildman–Crippen LogP) is 1.18. The molecule has 0 saturated heterocycles. The van der Waals surface area contributed by atoms with Crippen LogP contribution >= 0.6 is 0 Å². The van der Waals surface area contributed by atoms with Crippen molar-refractivity contribution in [3.05, 3.63) is 41.7 Å². The van der Waals surface area contributed by atoms with Crippen LogP contribution in [0.1, 0.15) is 27.6 Å². The van der Waals surface area contributed by atoms with E-state index in [1.165, 1.54) is 31.1 Å². The zero-order valence-electron chi connectivity index (χ0n) is 10.6. The average molecular weight is 259 g/mol. The maximum Gasteiger partial charge on any atom is 0.251 e. The van der Waals surface area contributed by atoms with Gasteiger partial charge in [0.15, 0.2) is 5.78 Å².